The molecular formula is C27H29N5O3. The number of amides is 1. The van der Waals surface area contributed by atoms with Crippen LogP contribution in [0.15, 0.2) is 71.5 Å². The van der Waals surface area contributed by atoms with E-state index in [0.717, 1.165) is 28.7 Å². The summed E-state index contributed by atoms with van der Waals surface area (Å²) in [6.45, 7) is 2.71. The van der Waals surface area contributed by atoms with E-state index in [4.69, 9.17) is 21.0 Å². The van der Waals surface area contributed by atoms with E-state index < -0.39 is 0 Å². The van der Waals surface area contributed by atoms with E-state index in [9.17, 15) is 4.79 Å². The molecular weight excluding hydrogens is 442 g/mol. The minimum Gasteiger partial charge on any atom is -0.495 e. The predicted octanol–water partition coefficient (Wildman–Crippen LogP) is 4.49. The molecule has 35 heavy (non-hydrogen) atoms. The summed E-state index contributed by atoms with van der Waals surface area (Å²) in [7, 11) is 1.60. The number of anilines is 1. The first-order valence-corrected chi connectivity index (χ1v) is 11.4. The summed E-state index contributed by atoms with van der Waals surface area (Å²) in [4.78, 5) is 28.1. The maximum Gasteiger partial charge on any atom is 0.273 e. The number of ether oxygens (including phenoxy) is 1. The number of benzene rings is 2. The lowest BCUT2D eigenvalue weighted by Gasteiger charge is -2.22. The zero-order chi connectivity index (χ0) is 24.8. The van der Waals surface area contributed by atoms with Gasteiger partial charge in [-0.05, 0) is 47.9 Å². The second-order valence-corrected chi connectivity index (χ2v) is 8.26. The van der Waals surface area contributed by atoms with E-state index in [1.54, 1.807) is 19.5 Å². The third kappa shape index (κ3) is 5.85. The van der Waals surface area contributed by atoms with Gasteiger partial charge in [0.1, 0.15) is 18.2 Å². The molecule has 8 heteroatoms. The van der Waals surface area contributed by atoms with Crippen molar-refractivity contribution in [1.82, 2.24) is 10.0 Å². The predicted molar refractivity (Wildman–Crippen MR) is 138 cm³/mol. The highest BCUT2D eigenvalue weighted by Crippen LogP contribution is 2.32. The maximum absolute atomic E-state index is 13.4. The highest BCUT2D eigenvalue weighted by molar-refractivity contribution is 6.05. The fourth-order valence-corrected chi connectivity index (χ4v) is 3.75. The molecule has 3 aromatic rings. The smallest absolute Gasteiger partial charge is 0.273 e. The van der Waals surface area contributed by atoms with Crippen LogP contribution >= 0.6 is 0 Å². The molecule has 0 radical (unpaired) electrons. The van der Waals surface area contributed by atoms with Gasteiger partial charge in [-0.2, -0.15) is 0 Å². The van der Waals surface area contributed by atoms with Crippen LogP contribution in [0, 0.1) is 0 Å². The summed E-state index contributed by atoms with van der Waals surface area (Å²) in [6.07, 6.45) is 6.23. The number of pyridine rings is 1. The standard InChI is InChI=1S/C27H29N5O3/c1-3-10-32(35-17-18-4-8-23(28)9-5-18)27(33)21-11-20-7-6-19(13-25(20)31-26(29)14-21)22-12-24(34-2)16-30-15-22/h4-9,11-13,15-16H,3,10,14,17,28H2,1-2H3,(H2,29,31). The first-order chi connectivity index (χ1) is 17.0. The average Bonchev–Trinajstić information content (AvgIpc) is 3.04. The van der Waals surface area contributed by atoms with Crippen LogP contribution in [0.5, 0.6) is 5.75 Å². The van der Waals surface area contributed by atoms with E-state index in [1.165, 1.54) is 5.06 Å². The highest BCUT2D eigenvalue weighted by atomic mass is 16.7. The van der Waals surface area contributed by atoms with Gasteiger partial charge in [0.25, 0.3) is 5.91 Å². The van der Waals surface area contributed by atoms with Crippen LogP contribution in [-0.4, -0.2) is 35.4 Å². The number of aromatic nitrogens is 1. The molecule has 4 N–H and O–H groups in total. The number of rotatable bonds is 8. The lowest BCUT2D eigenvalue weighted by molar-refractivity contribution is -0.187. The lowest BCUT2D eigenvalue weighted by Crippen LogP contribution is -2.34. The Balaban J connectivity index is 1.58. The molecule has 1 aromatic heterocycles. The van der Waals surface area contributed by atoms with E-state index in [-0.39, 0.29) is 18.9 Å². The summed E-state index contributed by atoms with van der Waals surface area (Å²) < 4.78 is 5.28. The Morgan fingerprint density at radius 2 is 1.86 bits per heavy atom. The number of methoxy groups -OCH3 is 1. The first-order valence-electron chi connectivity index (χ1n) is 11.4. The fourth-order valence-electron chi connectivity index (χ4n) is 3.75. The second-order valence-electron chi connectivity index (χ2n) is 8.26. The van der Waals surface area contributed by atoms with Crippen molar-refractivity contribution in [3.63, 3.8) is 0 Å². The average molecular weight is 472 g/mol. The Kier molecular flexibility index (Phi) is 7.42. The van der Waals surface area contributed by atoms with E-state index in [0.29, 0.717) is 35.1 Å². The quantitative estimate of drug-likeness (QED) is 0.369. The minimum absolute atomic E-state index is 0.227. The molecule has 2 heterocycles. The molecule has 1 aliphatic heterocycles. The van der Waals surface area contributed by atoms with Gasteiger partial charge in [-0.3, -0.25) is 14.6 Å². The molecule has 4 rings (SSSR count). The summed E-state index contributed by atoms with van der Waals surface area (Å²) in [5.41, 5.74) is 17.4. The summed E-state index contributed by atoms with van der Waals surface area (Å²) in [6, 6.07) is 15.1. The Morgan fingerprint density at radius 1 is 1.06 bits per heavy atom. The van der Waals surface area contributed by atoms with E-state index >= 15 is 0 Å². The van der Waals surface area contributed by atoms with Crippen molar-refractivity contribution in [2.24, 2.45) is 10.7 Å². The number of nitrogens with two attached hydrogens (primary N) is 2. The van der Waals surface area contributed by atoms with Gasteiger partial charge in [-0.15, -0.1) is 0 Å². The van der Waals surface area contributed by atoms with Crippen molar-refractivity contribution in [3.8, 4) is 16.9 Å². The maximum atomic E-state index is 13.4. The van der Waals surface area contributed by atoms with Crippen LogP contribution in [0.3, 0.4) is 0 Å². The van der Waals surface area contributed by atoms with Crippen LogP contribution in [-0.2, 0) is 16.2 Å². The number of aliphatic imine (C=N–C) groups is 1. The van der Waals surface area contributed by atoms with E-state index in [1.807, 2.05) is 61.5 Å². The molecule has 0 saturated heterocycles. The van der Waals surface area contributed by atoms with Gasteiger partial charge < -0.3 is 16.2 Å². The Bertz CT molecular complexity index is 1270. The molecule has 8 nitrogen and oxygen atoms in total. The largest absolute Gasteiger partial charge is 0.495 e. The van der Waals surface area contributed by atoms with Gasteiger partial charge >= 0.3 is 0 Å². The molecule has 0 spiro atoms. The number of hydroxylamine groups is 2. The Labute approximate surface area is 204 Å². The van der Waals surface area contributed by atoms with Gasteiger partial charge in [-0.25, -0.2) is 10.1 Å². The summed E-state index contributed by atoms with van der Waals surface area (Å²) in [5, 5.41) is 1.40. The van der Waals surface area contributed by atoms with Crippen molar-refractivity contribution in [2.45, 2.75) is 26.4 Å². The lowest BCUT2D eigenvalue weighted by atomic mass is 10.0. The van der Waals surface area contributed by atoms with Gasteiger partial charge in [0.05, 0.1) is 19.0 Å². The highest BCUT2D eigenvalue weighted by Gasteiger charge is 2.22. The Hall–Kier alpha value is -4.17. The number of nitrogen functional groups attached to an aromatic ring is 1. The van der Waals surface area contributed by atoms with Gasteiger partial charge in [0, 0.05) is 41.5 Å². The SMILES string of the molecule is CCCN(OCc1ccc(N)cc1)C(=O)C1=Cc2ccc(-c3cncc(OC)c3)cc2N=C(N)C1. The van der Waals surface area contributed by atoms with Crippen molar-refractivity contribution >= 4 is 29.2 Å². The second kappa shape index (κ2) is 10.8. The molecule has 180 valence electrons. The molecule has 0 atom stereocenters. The fraction of sp³-hybridized carbons (Fsp3) is 0.222. The third-order valence-electron chi connectivity index (χ3n) is 5.57. The minimum atomic E-state index is -0.227. The number of fused-ring (bicyclic) bond motifs is 1. The number of nitrogens with zero attached hydrogens (tertiary/aromatic N) is 3. The molecule has 0 aliphatic carbocycles. The zero-order valence-electron chi connectivity index (χ0n) is 19.9. The first kappa shape index (κ1) is 24.0. The van der Waals surface area contributed by atoms with E-state index in [2.05, 4.69) is 9.98 Å². The van der Waals surface area contributed by atoms with Crippen LogP contribution < -0.4 is 16.2 Å². The molecule has 0 unspecified atom stereocenters. The zero-order valence-corrected chi connectivity index (χ0v) is 19.9. The molecule has 0 saturated carbocycles. The van der Waals surface area contributed by atoms with Crippen molar-refractivity contribution in [1.29, 1.82) is 0 Å². The van der Waals surface area contributed by atoms with Crippen molar-refractivity contribution in [3.05, 3.63) is 77.6 Å². The summed E-state index contributed by atoms with van der Waals surface area (Å²) in [5.74, 6) is 0.803. The van der Waals surface area contributed by atoms with Gasteiger partial charge in [0.15, 0.2) is 0 Å². The number of carbonyl (C=O) groups excluding carboxylic acids is 1. The normalized spacial score (nSPS) is 12.7. The molecule has 2 aromatic carbocycles. The van der Waals surface area contributed by atoms with Crippen molar-refractivity contribution < 1.29 is 14.4 Å². The number of carbonyl (C=O) groups is 1. The van der Waals surface area contributed by atoms with Crippen LogP contribution in [0.1, 0.15) is 30.9 Å². The van der Waals surface area contributed by atoms with Crippen LogP contribution in [0.25, 0.3) is 17.2 Å². The van der Waals surface area contributed by atoms with Gasteiger partial charge in [-0.1, -0.05) is 31.2 Å². The molecule has 0 bridgehead atoms. The molecule has 1 aliphatic rings. The molecule has 1 amide bonds. The van der Waals surface area contributed by atoms with Crippen molar-refractivity contribution in [2.75, 3.05) is 19.4 Å². The topological polar surface area (TPSA) is 116 Å². The van der Waals surface area contributed by atoms with Crippen LogP contribution in [0.4, 0.5) is 11.4 Å². The Morgan fingerprint density at radius 3 is 2.60 bits per heavy atom. The number of hydrogen-bond acceptors (Lipinski definition) is 7. The third-order valence-corrected chi connectivity index (χ3v) is 5.57. The number of hydrogen-bond donors (Lipinski definition) is 2. The monoisotopic (exact) mass is 471 g/mol. The molecule has 0 fully saturated rings. The van der Waals surface area contributed by atoms with Gasteiger partial charge in [0.2, 0.25) is 0 Å². The summed E-state index contributed by atoms with van der Waals surface area (Å²) >= 11 is 0. The number of amidine groups is 1. The van der Waals surface area contributed by atoms with Crippen LogP contribution in [0.2, 0.25) is 0 Å².